The summed E-state index contributed by atoms with van der Waals surface area (Å²) in [6.45, 7) is 0. The van der Waals surface area contributed by atoms with Gasteiger partial charge < -0.3 is 0 Å². The summed E-state index contributed by atoms with van der Waals surface area (Å²) in [4.78, 5) is 4.33. The van der Waals surface area contributed by atoms with Crippen molar-refractivity contribution in [2.75, 3.05) is 0 Å². The minimum absolute atomic E-state index is 0.0796. The topological polar surface area (TPSA) is 54.5 Å². The van der Waals surface area contributed by atoms with Crippen LogP contribution in [0.2, 0.25) is 0 Å². The van der Waals surface area contributed by atoms with Crippen molar-refractivity contribution in [3.63, 3.8) is 0 Å². The molecule has 0 amide bonds. The fourth-order valence-corrected chi connectivity index (χ4v) is 3.82. The van der Waals surface area contributed by atoms with Gasteiger partial charge in [0.25, 0.3) is 0 Å². The first-order valence-corrected chi connectivity index (χ1v) is 7.86. The second-order valence-corrected chi connectivity index (χ2v) is 6.66. The van der Waals surface area contributed by atoms with E-state index in [1.54, 1.807) is 4.68 Å². The van der Waals surface area contributed by atoms with Crippen LogP contribution >= 0.6 is 11.8 Å². The van der Waals surface area contributed by atoms with Gasteiger partial charge in [0.05, 0.1) is 18.0 Å². The molecule has 4 rings (SSSR count). The predicted octanol–water partition coefficient (Wildman–Crippen LogP) is 3.29. The van der Waals surface area contributed by atoms with E-state index >= 15 is 0 Å². The molecule has 4 atom stereocenters. The van der Waals surface area contributed by atoms with Gasteiger partial charge in [-0.15, -0.1) is 5.10 Å². The molecule has 2 aliphatic rings. The van der Waals surface area contributed by atoms with E-state index in [4.69, 9.17) is 5.26 Å². The molecule has 1 aliphatic carbocycles. The number of rotatable bonds is 3. The Morgan fingerprint density at radius 2 is 2.10 bits per heavy atom. The summed E-state index contributed by atoms with van der Waals surface area (Å²) < 4.78 is 15.9. The Balaban J connectivity index is 1.61. The van der Waals surface area contributed by atoms with Crippen molar-refractivity contribution in [2.24, 2.45) is 5.92 Å². The number of fused-ring (bicyclic) bond motifs is 1. The highest BCUT2D eigenvalue weighted by Gasteiger charge is 2.41. The van der Waals surface area contributed by atoms with Crippen LogP contribution in [0.5, 0.6) is 0 Å². The maximum atomic E-state index is 14.2. The molecule has 1 aromatic heterocycles. The third-order valence-corrected chi connectivity index (χ3v) is 5.19. The largest absolute Gasteiger partial charge is 0.239 e. The number of hydrogen-bond donors (Lipinski definition) is 0. The van der Waals surface area contributed by atoms with Gasteiger partial charge in [-0.25, -0.2) is 14.1 Å². The maximum Gasteiger partial charge on any atom is 0.209 e. The van der Waals surface area contributed by atoms with Crippen LogP contribution < -0.4 is 0 Å². The Morgan fingerprint density at radius 3 is 2.81 bits per heavy atom. The van der Waals surface area contributed by atoms with Crippen LogP contribution in [-0.2, 0) is 0 Å². The molecule has 0 radical (unpaired) electrons. The van der Waals surface area contributed by atoms with Crippen molar-refractivity contribution in [3.05, 3.63) is 41.7 Å². The van der Waals surface area contributed by atoms with E-state index in [2.05, 4.69) is 16.2 Å². The standard InChI is InChI=1S/C15H13FN4S/c16-11-7-12(9-4-2-1-3-5-9)20-14(11)18-15(19-20)21-13-6-10(13)8-17/h1-5,10-13H,6-7H2/t10-,11-,12-,13+/m0/s1. The minimum Gasteiger partial charge on any atom is -0.239 e. The molecular formula is C15H13FN4S. The van der Waals surface area contributed by atoms with Crippen LogP contribution in [0, 0.1) is 17.2 Å². The summed E-state index contributed by atoms with van der Waals surface area (Å²) in [6, 6.07) is 12.0. The average Bonchev–Trinajstić information content (AvgIpc) is 3.01. The fourth-order valence-electron chi connectivity index (χ4n) is 2.73. The molecule has 21 heavy (non-hydrogen) atoms. The van der Waals surface area contributed by atoms with Gasteiger partial charge in [0.2, 0.25) is 5.16 Å². The molecule has 0 unspecified atom stereocenters. The molecular weight excluding hydrogens is 287 g/mol. The zero-order valence-corrected chi connectivity index (χ0v) is 12.0. The molecule has 2 aromatic rings. The Bertz CT molecular complexity index is 708. The van der Waals surface area contributed by atoms with Crippen LogP contribution in [0.15, 0.2) is 35.5 Å². The lowest BCUT2D eigenvalue weighted by molar-refractivity contribution is 0.327. The van der Waals surface area contributed by atoms with E-state index in [1.165, 1.54) is 11.8 Å². The van der Waals surface area contributed by atoms with Crippen LogP contribution in [0.1, 0.15) is 36.4 Å². The smallest absolute Gasteiger partial charge is 0.209 e. The summed E-state index contributed by atoms with van der Waals surface area (Å²) >= 11 is 1.49. The van der Waals surface area contributed by atoms with E-state index in [-0.39, 0.29) is 17.2 Å². The maximum absolute atomic E-state index is 14.2. The van der Waals surface area contributed by atoms with Gasteiger partial charge in [0, 0.05) is 11.7 Å². The molecule has 1 aliphatic heterocycles. The molecule has 2 heterocycles. The van der Waals surface area contributed by atoms with Crippen molar-refractivity contribution in [2.45, 2.75) is 35.5 Å². The summed E-state index contributed by atoms with van der Waals surface area (Å²) in [6.07, 6.45) is 0.212. The van der Waals surface area contributed by atoms with E-state index in [0.29, 0.717) is 17.4 Å². The first kappa shape index (κ1) is 12.8. The molecule has 0 spiro atoms. The summed E-state index contributed by atoms with van der Waals surface area (Å²) in [5, 5.41) is 14.2. The van der Waals surface area contributed by atoms with Gasteiger partial charge in [-0.2, -0.15) is 5.26 Å². The molecule has 6 heteroatoms. The second-order valence-electron chi connectivity index (χ2n) is 5.45. The van der Waals surface area contributed by atoms with Gasteiger partial charge in [0.1, 0.15) is 0 Å². The van der Waals surface area contributed by atoms with Crippen LogP contribution in [0.4, 0.5) is 4.39 Å². The quantitative estimate of drug-likeness (QED) is 0.873. The number of aromatic nitrogens is 3. The van der Waals surface area contributed by atoms with Crippen molar-refractivity contribution < 1.29 is 4.39 Å². The molecule has 0 saturated heterocycles. The summed E-state index contributed by atoms with van der Waals surface area (Å²) in [5.41, 5.74) is 1.06. The number of hydrogen-bond acceptors (Lipinski definition) is 4. The lowest BCUT2D eigenvalue weighted by Gasteiger charge is -2.11. The molecule has 0 N–H and O–H groups in total. The van der Waals surface area contributed by atoms with E-state index < -0.39 is 6.17 Å². The number of nitrogens with zero attached hydrogens (tertiary/aromatic N) is 4. The van der Waals surface area contributed by atoms with Crippen molar-refractivity contribution in [1.29, 1.82) is 5.26 Å². The first-order chi connectivity index (χ1) is 10.3. The first-order valence-electron chi connectivity index (χ1n) is 6.98. The average molecular weight is 300 g/mol. The van der Waals surface area contributed by atoms with Crippen LogP contribution in [-0.4, -0.2) is 20.0 Å². The van der Waals surface area contributed by atoms with Crippen LogP contribution in [0.25, 0.3) is 0 Å². The van der Waals surface area contributed by atoms with E-state index in [9.17, 15) is 4.39 Å². The fraction of sp³-hybridized carbons (Fsp3) is 0.400. The lowest BCUT2D eigenvalue weighted by Crippen LogP contribution is -2.07. The predicted molar refractivity (Wildman–Crippen MR) is 76.4 cm³/mol. The lowest BCUT2D eigenvalue weighted by atomic mass is 10.0. The Morgan fingerprint density at radius 1 is 1.29 bits per heavy atom. The van der Waals surface area contributed by atoms with Crippen LogP contribution in [0.3, 0.4) is 0 Å². The minimum atomic E-state index is -1.07. The zero-order valence-electron chi connectivity index (χ0n) is 11.2. The molecule has 1 saturated carbocycles. The third kappa shape index (κ3) is 2.22. The highest BCUT2D eigenvalue weighted by molar-refractivity contribution is 8.00. The van der Waals surface area contributed by atoms with Crippen molar-refractivity contribution in [1.82, 2.24) is 14.8 Å². The molecule has 0 bridgehead atoms. The second kappa shape index (κ2) is 4.85. The number of benzene rings is 1. The van der Waals surface area contributed by atoms with Gasteiger partial charge in [-0.3, -0.25) is 0 Å². The Hall–Kier alpha value is -1.87. The Kier molecular flexibility index (Phi) is 2.96. The number of nitriles is 1. The molecule has 1 fully saturated rings. The summed E-state index contributed by atoms with van der Waals surface area (Å²) in [5.74, 6) is 0.514. The molecule has 4 nitrogen and oxygen atoms in total. The van der Waals surface area contributed by atoms with Crippen molar-refractivity contribution in [3.8, 4) is 6.07 Å². The van der Waals surface area contributed by atoms with Gasteiger partial charge in [-0.1, -0.05) is 42.1 Å². The monoisotopic (exact) mass is 300 g/mol. The van der Waals surface area contributed by atoms with E-state index in [0.717, 1.165) is 12.0 Å². The summed E-state index contributed by atoms with van der Waals surface area (Å²) in [7, 11) is 0. The van der Waals surface area contributed by atoms with Gasteiger partial charge in [0.15, 0.2) is 12.0 Å². The van der Waals surface area contributed by atoms with Gasteiger partial charge in [-0.05, 0) is 12.0 Å². The highest BCUT2D eigenvalue weighted by atomic mass is 32.2. The van der Waals surface area contributed by atoms with Crippen molar-refractivity contribution >= 4 is 11.8 Å². The normalized spacial score (nSPS) is 29.9. The van der Waals surface area contributed by atoms with E-state index in [1.807, 2.05) is 30.3 Å². The number of alkyl halides is 1. The molecule has 1 aromatic carbocycles. The molecule has 106 valence electrons. The number of halogens is 1. The number of thioether (sulfide) groups is 1. The zero-order chi connectivity index (χ0) is 14.4. The SMILES string of the molecule is N#C[C@@H]1C[C@H]1Sc1nc2n(n1)[C@H](c1ccccc1)C[C@@H]2F. The highest BCUT2D eigenvalue weighted by Crippen LogP contribution is 2.46. The third-order valence-electron chi connectivity index (χ3n) is 3.98. The van der Waals surface area contributed by atoms with Gasteiger partial charge >= 0.3 is 0 Å². The Labute approximate surface area is 126 Å².